The Kier molecular flexibility index (Phi) is 1.86. The minimum Gasteiger partial charge on any atom is -0.299 e. The van der Waals surface area contributed by atoms with E-state index in [4.69, 9.17) is 0 Å². The molecule has 2 nitrogen and oxygen atoms in total. The van der Waals surface area contributed by atoms with Crippen LogP contribution < -0.4 is 0 Å². The van der Waals surface area contributed by atoms with Crippen molar-refractivity contribution >= 4 is 5.71 Å². The van der Waals surface area contributed by atoms with E-state index in [2.05, 4.69) is 30.8 Å². The molecule has 9 heavy (non-hydrogen) atoms. The van der Waals surface area contributed by atoms with E-state index in [0.717, 1.165) is 13.1 Å². The van der Waals surface area contributed by atoms with Crippen molar-refractivity contribution in [1.82, 2.24) is 4.90 Å². The lowest BCUT2D eigenvalue weighted by molar-refractivity contribution is 0.342. The van der Waals surface area contributed by atoms with Crippen LogP contribution in [0.2, 0.25) is 0 Å². The van der Waals surface area contributed by atoms with E-state index < -0.39 is 0 Å². The molecule has 0 fully saturated rings. The Morgan fingerprint density at radius 2 is 2.33 bits per heavy atom. The van der Waals surface area contributed by atoms with Crippen LogP contribution in [-0.2, 0) is 0 Å². The van der Waals surface area contributed by atoms with Gasteiger partial charge < -0.3 is 0 Å². The molecule has 1 rings (SSSR count). The van der Waals surface area contributed by atoms with E-state index in [1.165, 1.54) is 5.71 Å². The summed E-state index contributed by atoms with van der Waals surface area (Å²) >= 11 is 0. The molecule has 1 aliphatic rings. The molecule has 0 N–H and O–H groups in total. The van der Waals surface area contributed by atoms with Crippen LogP contribution in [-0.4, -0.2) is 36.8 Å². The number of hydrogen-bond donors (Lipinski definition) is 0. The van der Waals surface area contributed by atoms with E-state index in [-0.39, 0.29) is 0 Å². The summed E-state index contributed by atoms with van der Waals surface area (Å²) in [5.74, 6) is 0. The lowest BCUT2D eigenvalue weighted by Crippen LogP contribution is -2.35. The first kappa shape index (κ1) is 6.75. The van der Waals surface area contributed by atoms with Gasteiger partial charge in [-0.25, -0.2) is 0 Å². The van der Waals surface area contributed by atoms with Crippen molar-refractivity contribution in [2.45, 2.75) is 19.9 Å². The molecular formula is C7H14N2. The molecule has 0 saturated heterocycles. The second-order valence-electron chi connectivity index (χ2n) is 2.91. The summed E-state index contributed by atoms with van der Waals surface area (Å²) in [7, 11) is 2.13. The molecule has 0 spiro atoms. The first-order valence-corrected chi connectivity index (χ1v) is 3.40. The molecule has 0 aliphatic carbocycles. The van der Waals surface area contributed by atoms with Gasteiger partial charge in [-0.1, -0.05) is 0 Å². The minimum atomic E-state index is 0.503. The molecule has 0 aromatic heterocycles. The second-order valence-corrected chi connectivity index (χ2v) is 2.91. The predicted octanol–water partition coefficient (Wildman–Crippen LogP) is 0.781. The van der Waals surface area contributed by atoms with Crippen LogP contribution in [0.15, 0.2) is 4.99 Å². The van der Waals surface area contributed by atoms with Gasteiger partial charge >= 0.3 is 0 Å². The molecule has 2 heteroatoms. The first-order chi connectivity index (χ1) is 4.18. The minimum absolute atomic E-state index is 0.503. The normalized spacial score (nSPS) is 30.1. The van der Waals surface area contributed by atoms with Crippen LogP contribution >= 0.6 is 0 Å². The summed E-state index contributed by atoms with van der Waals surface area (Å²) in [6.07, 6.45) is 0. The highest BCUT2D eigenvalue weighted by molar-refractivity contribution is 5.84. The fourth-order valence-corrected chi connectivity index (χ4v) is 1.36. The standard InChI is InChI=1S/C7H14N2/c1-6-4-9(3)5-7(2)8-6/h6H,4-5H2,1-3H3. The van der Waals surface area contributed by atoms with Gasteiger partial charge in [0.15, 0.2) is 0 Å². The van der Waals surface area contributed by atoms with Crippen LogP contribution in [0.25, 0.3) is 0 Å². The van der Waals surface area contributed by atoms with E-state index in [9.17, 15) is 0 Å². The van der Waals surface area contributed by atoms with Crippen molar-refractivity contribution in [1.29, 1.82) is 0 Å². The van der Waals surface area contributed by atoms with E-state index in [0.29, 0.717) is 6.04 Å². The van der Waals surface area contributed by atoms with Crippen molar-refractivity contribution in [2.24, 2.45) is 4.99 Å². The van der Waals surface area contributed by atoms with Gasteiger partial charge in [-0.15, -0.1) is 0 Å². The first-order valence-electron chi connectivity index (χ1n) is 3.40. The third-order valence-corrected chi connectivity index (χ3v) is 1.52. The zero-order valence-corrected chi connectivity index (χ0v) is 6.39. The number of likely N-dealkylation sites (N-methyl/N-ethyl adjacent to an activating group) is 1. The molecule has 52 valence electrons. The van der Waals surface area contributed by atoms with Crippen LogP contribution in [0.3, 0.4) is 0 Å². The lowest BCUT2D eigenvalue weighted by atomic mass is 10.2. The van der Waals surface area contributed by atoms with Crippen LogP contribution in [0.1, 0.15) is 13.8 Å². The van der Waals surface area contributed by atoms with Crippen LogP contribution in [0.5, 0.6) is 0 Å². The number of aliphatic imine (C=N–C) groups is 1. The van der Waals surface area contributed by atoms with Gasteiger partial charge in [-0.05, 0) is 20.9 Å². The summed E-state index contributed by atoms with van der Waals surface area (Å²) in [5, 5.41) is 0. The summed E-state index contributed by atoms with van der Waals surface area (Å²) in [4.78, 5) is 6.71. The van der Waals surface area contributed by atoms with Crippen LogP contribution in [0, 0.1) is 0 Å². The summed E-state index contributed by atoms with van der Waals surface area (Å²) in [5.41, 5.74) is 1.26. The molecule has 0 aromatic carbocycles. The second kappa shape index (κ2) is 2.48. The van der Waals surface area contributed by atoms with Gasteiger partial charge in [0, 0.05) is 18.8 Å². The Morgan fingerprint density at radius 1 is 1.67 bits per heavy atom. The quantitative estimate of drug-likeness (QED) is 0.468. The Hall–Kier alpha value is -0.370. The molecule has 0 radical (unpaired) electrons. The third kappa shape index (κ3) is 1.79. The highest BCUT2D eigenvalue weighted by Crippen LogP contribution is 2.01. The van der Waals surface area contributed by atoms with Gasteiger partial charge in [0.25, 0.3) is 0 Å². The zero-order chi connectivity index (χ0) is 6.85. The Bertz CT molecular complexity index is 129. The van der Waals surface area contributed by atoms with Gasteiger partial charge in [-0.2, -0.15) is 0 Å². The number of nitrogens with zero attached hydrogens (tertiary/aromatic N) is 2. The Morgan fingerprint density at radius 3 is 2.78 bits per heavy atom. The van der Waals surface area contributed by atoms with Crippen molar-refractivity contribution in [3.63, 3.8) is 0 Å². The van der Waals surface area contributed by atoms with E-state index in [1.54, 1.807) is 0 Å². The van der Waals surface area contributed by atoms with Gasteiger partial charge in [0.05, 0.1) is 6.04 Å². The van der Waals surface area contributed by atoms with Gasteiger partial charge in [0.1, 0.15) is 0 Å². The highest BCUT2D eigenvalue weighted by Gasteiger charge is 2.11. The largest absolute Gasteiger partial charge is 0.299 e. The third-order valence-electron chi connectivity index (χ3n) is 1.52. The van der Waals surface area contributed by atoms with E-state index in [1.807, 2.05) is 0 Å². The molecule has 1 unspecified atom stereocenters. The Labute approximate surface area is 56.6 Å². The smallest absolute Gasteiger partial charge is 0.0598 e. The van der Waals surface area contributed by atoms with Crippen molar-refractivity contribution in [2.75, 3.05) is 20.1 Å². The maximum atomic E-state index is 4.41. The zero-order valence-electron chi connectivity index (χ0n) is 6.39. The predicted molar refractivity (Wildman–Crippen MR) is 40.1 cm³/mol. The fourth-order valence-electron chi connectivity index (χ4n) is 1.36. The van der Waals surface area contributed by atoms with Crippen molar-refractivity contribution in [3.05, 3.63) is 0 Å². The summed E-state index contributed by atoms with van der Waals surface area (Å²) in [6.45, 7) is 6.40. The average molecular weight is 126 g/mol. The summed E-state index contributed by atoms with van der Waals surface area (Å²) in [6, 6.07) is 0.503. The molecule has 1 atom stereocenters. The van der Waals surface area contributed by atoms with E-state index >= 15 is 0 Å². The average Bonchev–Trinajstić information content (AvgIpc) is 1.59. The topological polar surface area (TPSA) is 15.6 Å². The lowest BCUT2D eigenvalue weighted by Gasteiger charge is -2.24. The Balaban J connectivity index is 2.56. The van der Waals surface area contributed by atoms with Gasteiger partial charge in [0.2, 0.25) is 0 Å². The maximum Gasteiger partial charge on any atom is 0.0598 e. The maximum absolute atomic E-state index is 4.41. The monoisotopic (exact) mass is 126 g/mol. The molecule has 1 aliphatic heterocycles. The van der Waals surface area contributed by atoms with Gasteiger partial charge in [-0.3, -0.25) is 9.89 Å². The molecule has 1 heterocycles. The van der Waals surface area contributed by atoms with Crippen molar-refractivity contribution < 1.29 is 0 Å². The SMILES string of the molecule is CC1=NC(C)CN(C)C1. The number of hydrogen-bond acceptors (Lipinski definition) is 2. The number of rotatable bonds is 0. The molecular weight excluding hydrogens is 112 g/mol. The highest BCUT2D eigenvalue weighted by atomic mass is 15.1. The van der Waals surface area contributed by atoms with Crippen molar-refractivity contribution in [3.8, 4) is 0 Å². The summed E-state index contributed by atoms with van der Waals surface area (Å²) < 4.78 is 0. The van der Waals surface area contributed by atoms with Crippen LogP contribution in [0.4, 0.5) is 0 Å². The molecule has 0 bridgehead atoms. The molecule has 0 aromatic rings. The fraction of sp³-hybridized carbons (Fsp3) is 0.857. The molecule has 0 saturated carbocycles. The molecule has 0 amide bonds.